The molecule has 0 spiro atoms. The lowest BCUT2D eigenvalue weighted by Crippen LogP contribution is -2.16. The van der Waals surface area contributed by atoms with Crippen LogP contribution in [0.4, 0.5) is 0 Å². The fourth-order valence-corrected chi connectivity index (χ4v) is 1.36. The second kappa shape index (κ2) is 7.54. The van der Waals surface area contributed by atoms with Crippen molar-refractivity contribution >= 4 is 11.8 Å². The number of hydrogen-bond donors (Lipinski definition) is 1. The molecular weight excluding hydrogens is 180 g/mol. The largest absolute Gasteiger partial charge is 0.481 e. The Hall–Kier alpha value is -0.860. The molecule has 0 radical (unpaired) electrons. The molecule has 1 atom stereocenters. The zero-order valence-corrected chi connectivity index (χ0v) is 9.08. The van der Waals surface area contributed by atoms with Crippen LogP contribution in [0.15, 0.2) is 0 Å². The maximum atomic E-state index is 11.3. The van der Waals surface area contributed by atoms with Crippen molar-refractivity contribution in [1.82, 2.24) is 0 Å². The van der Waals surface area contributed by atoms with Crippen LogP contribution >= 0.6 is 0 Å². The third kappa shape index (κ3) is 5.73. The molecule has 1 unspecified atom stereocenters. The van der Waals surface area contributed by atoms with Gasteiger partial charge in [-0.2, -0.15) is 0 Å². The van der Waals surface area contributed by atoms with Gasteiger partial charge in [0.2, 0.25) is 0 Å². The Morgan fingerprint density at radius 3 is 2.29 bits per heavy atom. The van der Waals surface area contributed by atoms with E-state index >= 15 is 0 Å². The van der Waals surface area contributed by atoms with E-state index in [0.29, 0.717) is 12.8 Å². The molecule has 1 N–H and O–H groups in total. The van der Waals surface area contributed by atoms with Crippen LogP contribution in [0.2, 0.25) is 0 Å². The fourth-order valence-electron chi connectivity index (χ4n) is 1.36. The Balaban J connectivity index is 3.74. The van der Waals surface area contributed by atoms with E-state index in [-0.39, 0.29) is 12.2 Å². The molecule has 0 aliphatic rings. The van der Waals surface area contributed by atoms with Gasteiger partial charge in [0.15, 0.2) is 0 Å². The van der Waals surface area contributed by atoms with Crippen molar-refractivity contribution in [2.45, 2.75) is 52.4 Å². The number of ketones is 1. The highest BCUT2D eigenvalue weighted by Gasteiger charge is 2.18. The number of hydrogen-bond acceptors (Lipinski definition) is 2. The summed E-state index contributed by atoms with van der Waals surface area (Å²) in [4.78, 5) is 22.0. The predicted octanol–water partition coefficient (Wildman–Crippen LogP) is 2.64. The van der Waals surface area contributed by atoms with Gasteiger partial charge < -0.3 is 5.11 Å². The molecule has 3 heteroatoms. The van der Waals surface area contributed by atoms with Crippen LogP contribution in [0.25, 0.3) is 0 Å². The summed E-state index contributed by atoms with van der Waals surface area (Å²) in [6.07, 6.45) is 4.31. The van der Waals surface area contributed by atoms with Crippen molar-refractivity contribution in [2.75, 3.05) is 0 Å². The van der Waals surface area contributed by atoms with Gasteiger partial charge in [0.25, 0.3) is 0 Å². The molecular formula is C11H20O3. The number of carbonyl (C=O) groups excluding carboxylic acids is 1. The zero-order valence-electron chi connectivity index (χ0n) is 9.08. The third-order valence-corrected chi connectivity index (χ3v) is 2.38. The number of rotatable bonds is 8. The van der Waals surface area contributed by atoms with Gasteiger partial charge in [-0.25, -0.2) is 0 Å². The first-order chi connectivity index (χ1) is 6.61. The topological polar surface area (TPSA) is 54.4 Å². The molecule has 82 valence electrons. The van der Waals surface area contributed by atoms with Gasteiger partial charge >= 0.3 is 5.97 Å². The second-order valence-electron chi connectivity index (χ2n) is 3.64. The van der Waals surface area contributed by atoms with E-state index < -0.39 is 11.9 Å². The number of carboxylic acids is 1. The summed E-state index contributed by atoms with van der Waals surface area (Å²) in [6.45, 7) is 3.88. The molecule has 0 aliphatic carbocycles. The number of aliphatic carboxylic acids is 1. The number of carbonyl (C=O) groups is 2. The van der Waals surface area contributed by atoms with Crippen molar-refractivity contribution in [2.24, 2.45) is 5.92 Å². The lowest BCUT2D eigenvalue weighted by Gasteiger charge is -2.07. The normalized spacial score (nSPS) is 12.4. The van der Waals surface area contributed by atoms with Gasteiger partial charge in [-0.3, -0.25) is 9.59 Å². The number of unbranched alkanes of at least 4 members (excludes halogenated alkanes) is 2. The third-order valence-electron chi connectivity index (χ3n) is 2.38. The quantitative estimate of drug-likeness (QED) is 0.613. The summed E-state index contributed by atoms with van der Waals surface area (Å²) in [5.74, 6) is -1.24. The van der Waals surface area contributed by atoms with E-state index in [0.717, 1.165) is 19.3 Å². The molecule has 0 aromatic carbocycles. The molecule has 0 saturated carbocycles. The molecule has 0 aromatic heterocycles. The number of Topliss-reactive ketones (excluding diaryl/α,β-unsaturated/α-hetero) is 1. The Morgan fingerprint density at radius 1 is 1.21 bits per heavy atom. The van der Waals surface area contributed by atoms with E-state index in [1.807, 2.05) is 0 Å². The Labute approximate surface area is 85.5 Å². The minimum Gasteiger partial charge on any atom is -0.481 e. The molecule has 0 saturated heterocycles. The van der Waals surface area contributed by atoms with Crippen LogP contribution in [0.1, 0.15) is 52.4 Å². The van der Waals surface area contributed by atoms with Crippen molar-refractivity contribution in [3.05, 3.63) is 0 Å². The van der Waals surface area contributed by atoms with Crippen LogP contribution < -0.4 is 0 Å². The molecule has 14 heavy (non-hydrogen) atoms. The van der Waals surface area contributed by atoms with Gasteiger partial charge in [0.1, 0.15) is 5.78 Å². The van der Waals surface area contributed by atoms with Crippen molar-refractivity contribution in [3.8, 4) is 0 Å². The van der Waals surface area contributed by atoms with E-state index in [2.05, 4.69) is 6.92 Å². The van der Waals surface area contributed by atoms with E-state index in [9.17, 15) is 9.59 Å². The monoisotopic (exact) mass is 200 g/mol. The first-order valence-electron chi connectivity index (χ1n) is 5.36. The molecule has 0 fully saturated rings. The summed E-state index contributed by atoms with van der Waals surface area (Å²) in [7, 11) is 0. The lowest BCUT2D eigenvalue weighted by atomic mass is 9.97. The smallest absolute Gasteiger partial charge is 0.306 e. The average molecular weight is 200 g/mol. The molecule has 0 bridgehead atoms. The second-order valence-corrected chi connectivity index (χ2v) is 3.64. The van der Waals surface area contributed by atoms with Crippen molar-refractivity contribution in [1.29, 1.82) is 0 Å². The highest BCUT2D eigenvalue weighted by Crippen LogP contribution is 2.12. The summed E-state index contributed by atoms with van der Waals surface area (Å²) in [5, 5.41) is 8.74. The van der Waals surface area contributed by atoms with E-state index in [1.165, 1.54) is 0 Å². The van der Waals surface area contributed by atoms with Gasteiger partial charge in [-0.15, -0.1) is 0 Å². The highest BCUT2D eigenvalue weighted by molar-refractivity contribution is 5.83. The molecule has 0 rings (SSSR count). The van der Waals surface area contributed by atoms with Gasteiger partial charge in [0, 0.05) is 12.8 Å². The Morgan fingerprint density at radius 2 is 1.86 bits per heavy atom. The first-order valence-corrected chi connectivity index (χ1v) is 5.36. The van der Waals surface area contributed by atoms with Crippen LogP contribution in [0.3, 0.4) is 0 Å². The van der Waals surface area contributed by atoms with Gasteiger partial charge in [-0.05, 0) is 12.8 Å². The van der Waals surface area contributed by atoms with Crippen molar-refractivity contribution < 1.29 is 14.7 Å². The van der Waals surface area contributed by atoms with Gasteiger partial charge in [-0.1, -0.05) is 26.7 Å². The van der Waals surface area contributed by atoms with Crippen LogP contribution in [0.5, 0.6) is 0 Å². The number of carboxylic acid groups (broad SMARTS) is 1. The Bertz CT molecular complexity index is 187. The SMILES string of the molecule is CCCCCC(=O)CC(CC)C(=O)O. The minimum atomic E-state index is -0.851. The standard InChI is InChI=1S/C11H20O3/c1-3-5-6-7-10(12)8-9(4-2)11(13)14/h9H,3-8H2,1-2H3,(H,13,14). The molecule has 0 aliphatic heterocycles. The van der Waals surface area contributed by atoms with Gasteiger partial charge in [0.05, 0.1) is 5.92 Å². The van der Waals surface area contributed by atoms with Crippen LogP contribution in [0, 0.1) is 5.92 Å². The minimum absolute atomic E-state index is 0.0905. The highest BCUT2D eigenvalue weighted by atomic mass is 16.4. The van der Waals surface area contributed by atoms with E-state index in [4.69, 9.17) is 5.11 Å². The summed E-state index contributed by atoms with van der Waals surface area (Å²) < 4.78 is 0. The molecule has 0 amide bonds. The molecule has 3 nitrogen and oxygen atoms in total. The summed E-state index contributed by atoms with van der Waals surface area (Å²) >= 11 is 0. The maximum absolute atomic E-state index is 11.3. The molecule has 0 heterocycles. The predicted molar refractivity (Wildman–Crippen MR) is 55.2 cm³/mol. The van der Waals surface area contributed by atoms with Crippen LogP contribution in [-0.2, 0) is 9.59 Å². The lowest BCUT2D eigenvalue weighted by molar-refractivity contribution is -0.143. The zero-order chi connectivity index (χ0) is 11.0. The Kier molecular flexibility index (Phi) is 7.07. The van der Waals surface area contributed by atoms with Crippen LogP contribution in [-0.4, -0.2) is 16.9 Å². The van der Waals surface area contributed by atoms with Crippen molar-refractivity contribution in [3.63, 3.8) is 0 Å². The fraction of sp³-hybridized carbons (Fsp3) is 0.818. The summed E-state index contributed by atoms with van der Waals surface area (Å²) in [5.41, 5.74) is 0. The average Bonchev–Trinajstić information content (AvgIpc) is 2.14. The first kappa shape index (κ1) is 13.1. The van der Waals surface area contributed by atoms with E-state index in [1.54, 1.807) is 6.92 Å². The molecule has 0 aromatic rings. The summed E-state index contributed by atoms with van der Waals surface area (Å²) in [6, 6.07) is 0. The maximum Gasteiger partial charge on any atom is 0.306 e.